The second-order valence-corrected chi connectivity index (χ2v) is 4.40. The molecule has 17 heavy (non-hydrogen) atoms. The highest BCUT2D eigenvalue weighted by atomic mass is 16.5. The van der Waals surface area contributed by atoms with Crippen LogP contribution in [0.15, 0.2) is 35.3 Å². The average molecular weight is 234 g/mol. The van der Waals surface area contributed by atoms with Crippen LogP contribution in [-0.2, 0) is 4.74 Å². The van der Waals surface area contributed by atoms with Crippen LogP contribution in [0.4, 0.5) is 5.69 Å². The fourth-order valence-electron chi connectivity index (χ4n) is 1.77. The summed E-state index contributed by atoms with van der Waals surface area (Å²) in [5, 5.41) is 3.14. The normalized spacial score (nSPS) is 24.7. The lowest BCUT2D eigenvalue weighted by Gasteiger charge is -2.19. The first-order valence-corrected chi connectivity index (χ1v) is 5.68. The number of hydrazine groups is 1. The molecule has 0 amide bonds. The lowest BCUT2D eigenvalue weighted by atomic mass is 10.0. The van der Waals surface area contributed by atoms with E-state index in [1.807, 2.05) is 30.3 Å². The van der Waals surface area contributed by atoms with Crippen molar-refractivity contribution in [2.45, 2.75) is 18.9 Å². The Bertz CT molecular complexity index is 385. The SMILES string of the molecule is CC1(N=C(NN)Nc2ccccc2)CCOC1. The zero-order chi connectivity index (χ0) is 12.1. The van der Waals surface area contributed by atoms with E-state index in [2.05, 4.69) is 22.7 Å². The number of hydrogen-bond acceptors (Lipinski definition) is 3. The number of para-hydroxylation sites is 1. The number of nitrogens with one attached hydrogen (secondary N) is 2. The highest BCUT2D eigenvalue weighted by molar-refractivity contribution is 5.93. The fraction of sp³-hybridized carbons (Fsp3) is 0.417. The number of hydrogen-bond donors (Lipinski definition) is 3. The van der Waals surface area contributed by atoms with E-state index < -0.39 is 0 Å². The summed E-state index contributed by atoms with van der Waals surface area (Å²) in [7, 11) is 0. The Kier molecular flexibility index (Phi) is 3.61. The van der Waals surface area contributed by atoms with E-state index in [1.54, 1.807) is 0 Å². The molecule has 0 aromatic heterocycles. The first-order valence-electron chi connectivity index (χ1n) is 5.68. The van der Waals surface area contributed by atoms with Gasteiger partial charge in [-0.15, -0.1) is 0 Å². The molecule has 5 nitrogen and oxygen atoms in total. The molecule has 1 heterocycles. The van der Waals surface area contributed by atoms with E-state index in [-0.39, 0.29) is 5.54 Å². The minimum Gasteiger partial charge on any atom is -0.379 e. The second-order valence-electron chi connectivity index (χ2n) is 4.40. The number of anilines is 1. The molecule has 1 unspecified atom stereocenters. The van der Waals surface area contributed by atoms with Gasteiger partial charge in [0.1, 0.15) is 0 Å². The van der Waals surface area contributed by atoms with Gasteiger partial charge in [-0.25, -0.2) is 10.8 Å². The highest BCUT2D eigenvalue weighted by Gasteiger charge is 2.29. The van der Waals surface area contributed by atoms with E-state index in [0.717, 1.165) is 18.7 Å². The van der Waals surface area contributed by atoms with Crippen molar-refractivity contribution >= 4 is 11.6 Å². The van der Waals surface area contributed by atoms with Gasteiger partial charge in [-0.1, -0.05) is 18.2 Å². The Labute approximate surface area is 101 Å². The molecule has 1 saturated heterocycles. The number of benzene rings is 1. The predicted molar refractivity (Wildman–Crippen MR) is 68.7 cm³/mol. The summed E-state index contributed by atoms with van der Waals surface area (Å²) in [5.74, 6) is 6.03. The summed E-state index contributed by atoms with van der Waals surface area (Å²) in [6.07, 6.45) is 0.911. The van der Waals surface area contributed by atoms with Crippen LogP contribution < -0.4 is 16.6 Å². The van der Waals surface area contributed by atoms with Crippen molar-refractivity contribution in [1.29, 1.82) is 0 Å². The maximum absolute atomic E-state index is 5.47. The summed E-state index contributed by atoms with van der Waals surface area (Å²) in [5.41, 5.74) is 3.35. The second kappa shape index (κ2) is 5.16. The third-order valence-corrected chi connectivity index (χ3v) is 2.75. The van der Waals surface area contributed by atoms with Crippen LogP contribution in [0.3, 0.4) is 0 Å². The Morgan fingerprint density at radius 3 is 2.76 bits per heavy atom. The van der Waals surface area contributed by atoms with E-state index in [1.165, 1.54) is 0 Å². The summed E-state index contributed by atoms with van der Waals surface area (Å²) < 4.78 is 5.35. The molecule has 0 bridgehead atoms. The average Bonchev–Trinajstić information content (AvgIpc) is 2.76. The van der Waals surface area contributed by atoms with Crippen LogP contribution in [0.2, 0.25) is 0 Å². The molecule has 1 aromatic rings. The van der Waals surface area contributed by atoms with Gasteiger partial charge in [0.15, 0.2) is 0 Å². The van der Waals surface area contributed by atoms with Gasteiger partial charge >= 0.3 is 0 Å². The first kappa shape index (κ1) is 11.9. The molecule has 92 valence electrons. The lowest BCUT2D eigenvalue weighted by Crippen LogP contribution is -2.39. The van der Waals surface area contributed by atoms with Crippen LogP contribution in [-0.4, -0.2) is 24.7 Å². The lowest BCUT2D eigenvalue weighted by molar-refractivity contribution is 0.182. The van der Waals surface area contributed by atoms with Crippen molar-refractivity contribution in [3.63, 3.8) is 0 Å². The number of nitrogens with zero attached hydrogens (tertiary/aromatic N) is 1. The molecule has 1 aliphatic heterocycles. The molecule has 2 rings (SSSR count). The van der Waals surface area contributed by atoms with Gasteiger partial charge in [-0.2, -0.15) is 0 Å². The van der Waals surface area contributed by atoms with Crippen molar-refractivity contribution in [2.24, 2.45) is 10.8 Å². The maximum atomic E-state index is 5.47. The Morgan fingerprint density at radius 1 is 1.41 bits per heavy atom. The number of rotatable bonds is 2. The molecule has 4 N–H and O–H groups in total. The van der Waals surface area contributed by atoms with Crippen molar-refractivity contribution < 1.29 is 4.74 Å². The standard InChI is InChI=1S/C12H18N4O/c1-12(7-8-17-9-12)15-11(16-13)14-10-5-3-2-4-6-10/h2-6H,7-9,13H2,1H3,(H2,14,15,16). The quantitative estimate of drug-likeness (QED) is 0.310. The molecule has 0 radical (unpaired) electrons. The number of ether oxygens (including phenoxy) is 1. The Hall–Kier alpha value is -1.59. The van der Waals surface area contributed by atoms with Crippen LogP contribution in [0.25, 0.3) is 0 Å². The molecule has 0 spiro atoms. The van der Waals surface area contributed by atoms with Crippen molar-refractivity contribution in [2.75, 3.05) is 18.5 Å². The third kappa shape index (κ3) is 3.18. The van der Waals surface area contributed by atoms with Gasteiger partial charge in [0.2, 0.25) is 5.96 Å². The third-order valence-electron chi connectivity index (χ3n) is 2.75. The first-order chi connectivity index (χ1) is 8.22. The van der Waals surface area contributed by atoms with Crippen molar-refractivity contribution in [3.05, 3.63) is 30.3 Å². The maximum Gasteiger partial charge on any atom is 0.210 e. The summed E-state index contributed by atoms with van der Waals surface area (Å²) in [4.78, 5) is 4.57. The predicted octanol–water partition coefficient (Wildman–Crippen LogP) is 1.10. The van der Waals surface area contributed by atoms with Gasteiger partial charge < -0.3 is 10.1 Å². The monoisotopic (exact) mass is 234 g/mol. The fourth-order valence-corrected chi connectivity index (χ4v) is 1.77. The molecular weight excluding hydrogens is 216 g/mol. The largest absolute Gasteiger partial charge is 0.379 e. The molecule has 1 aliphatic rings. The Balaban J connectivity index is 2.08. The summed E-state index contributed by atoms with van der Waals surface area (Å²) in [6, 6.07) is 9.79. The van der Waals surface area contributed by atoms with Crippen molar-refractivity contribution in [3.8, 4) is 0 Å². The zero-order valence-electron chi connectivity index (χ0n) is 9.94. The minimum absolute atomic E-state index is 0.191. The van der Waals surface area contributed by atoms with Gasteiger partial charge in [0, 0.05) is 12.3 Å². The zero-order valence-corrected chi connectivity index (χ0v) is 9.94. The topological polar surface area (TPSA) is 71.7 Å². The van der Waals surface area contributed by atoms with E-state index in [9.17, 15) is 0 Å². The molecule has 0 saturated carbocycles. The van der Waals surface area contributed by atoms with E-state index >= 15 is 0 Å². The summed E-state index contributed by atoms with van der Waals surface area (Å²) >= 11 is 0. The number of aliphatic imine (C=N–C) groups is 1. The van der Waals surface area contributed by atoms with Gasteiger partial charge in [0.05, 0.1) is 12.1 Å². The van der Waals surface area contributed by atoms with Gasteiger partial charge in [-0.3, -0.25) is 5.43 Å². The number of nitrogens with two attached hydrogens (primary N) is 1. The Morgan fingerprint density at radius 2 is 2.18 bits per heavy atom. The molecule has 1 fully saturated rings. The van der Waals surface area contributed by atoms with Gasteiger partial charge in [-0.05, 0) is 25.5 Å². The number of guanidine groups is 1. The van der Waals surface area contributed by atoms with E-state index in [0.29, 0.717) is 12.6 Å². The van der Waals surface area contributed by atoms with Crippen molar-refractivity contribution in [1.82, 2.24) is 5.43 Å². The van der Waals surface area contributed by atoms with Crippen LogP contribution in [0.1, 0.15) is 13.3 Å². The molecule has 0 aliphatic carbocycles. The molecule has 1 aromatic carbocycles. The summed E-state index contributed by atoms with van der Waals surface area (Å²) in [6.45, 7) is 3.45. The molecule has 5 heteroatoms. The van der Waals surface area contributed by atoms with Crippen LogP contribution in [0, 0.1) is 0 Å². The minimum atomic E-state index is -0.191. The highest BCUT2D eigenvalue weighted by Crippen LogP contribution is 2.22. The van der Waals surface area contributed by atoms with Gasteiger partial charge in [0.25, 0.3) is 0 Å². The molecule has 1 atom stereocenters. The smallest absolute Gasteiger partial charge is 0.210 e. The molecular formula is C12H18N4O. The van der Waals surface area contributed by atoms with E-state index in [4.69, 9.17) is 10.6 Å². The van der Waals surface area contributed by atoms with Crippen LogP contribution >= 0.6 is 0 Å². The van der Waals surface area contributed by atoms with Crippen LogP contribution in [0.5, 0.6) is 0 Å².